The summed E-state index contributed by atoms with van der Waals surface area (Å²) < 4.78 is 28.7. The Kier molecular flexibility index (Phi) is 9.78. The number of alkyl halides is 2. The quantitative estimate of drug-likeness (QED) is 0.744. The van der Waals surface area contributed by atoms with Gasteiger partial charge in [-0.05, 0) is 6.08 Å². The van der Waals surface area contributed by atoms with Gasteiger partial charge in [-0.1, -0.05) is 13.8 Å². The summed E-state index contributed by atoms with van der Waals surface area (Å²) in [7, 11) is 1.35. The molecule has 1 atom stereocenters. The van der Waals surface area contributed by atoms with Crippen LogP contribution in [0.25, 0.3) is 0 Å². The molecule has 0 aliphatic carbocycles. The monoisotopic (exact) mass is 402 g/mol. The summed E-state index contributed by atoms with van der Waals surface area (Å²) in [6.45, 7) is 4.00. The number of aliphatic hydroxyl groups is 1. The van der Waals surface area contributed by atoms with Crippen molar-refractivity contribution in [3.63, 3.8) is 0 Å². The largest absolute Gasteiger partial charge is 0.504 e. The molecule has 6 heteroatoms. The first-order chi connectivity index (χ1) is 6.65. The van der Waals surface area contributed by atoms with Gasteiger partial charge in [0.25, 0.3) is 6.43 Å². The van der Waals surface area contributed by atoms with Gasteiger partial charge in [-0.2, -0.15) is 0 Å². The van der Waals surface area contributed by atoms with Crippen LogP contribution in [0.1, 0.15) is 13.8 Å². The van der Waals surface area contributed by atoms with Gasteiger partial charge in [-0.3, -0.25) is 0 Å². The first-order valence-corrected chi connectivity index (χ1v) is 4.34. The molecule has 0 amide bonds. The van der Waals surface area contributed by atoms with E-state index in [1.54, 1.807) is 0 Å². The van der Waals surface area contributed by atoms with Crippen LogP contribution in [0.3, 0.4) is 0 Å². The van der Waals surface area contributed by atoms with E-state index in [4.69, 9.17) is 5.11 Å². The van der Waals surface area contributed by atoms with E-state index < -0.39 is 12.5 Å². The van der Waals surface area contributed by atoms with Crippen molar-refractivity contribution in [2.75, 3.05) is 7.11 Å². The molecule has 3 nitrogen and oxygen atoms in total. The van der Waals surface area contributed by atoms with Crippen LogP contribution in [0, 0.1) is 0 Å². The molecule has 1 aliphatic rings. The van der Waals surface area contributed by atoms with Crippen molar-refractivity contribution in [2.24, 2.45) is 0 Å². The van der Waals surface area contributed by atoms with E-state index in [-0.39, 0.29) is 32.6 Å². The smallest absolute Gasteiger partial charge is 0.262 e. The second-order valence-electron chi connectivity index (χ2n) is 2.29. The van der Waals surface area contributed by atoms with E-state index >= 15 is 0 Å². The molecule has 2 N–H and O–H groups in total. The Balaban J connectivity index is 0. The van der Waals surface area contributed by atoms with Crippen molar-refractivity contribution in [2.45, 2.75) is 26.3 Å². The van der Waals surface area contributed by atoms with E-state index in [1.165, 1.54) is 13.3 Å². The first kappa shape index (κ1) is 16.8. The third-order valence-corrected chi connectivity index (χ3v) is 1.49. The minimum atomic E-state index is -2.54. The maximum absolute atomic E-state index is 12.0. The molecule has 0 radical (unpaired) electrons. The molecule has 1 rings (SSSR count). The second-order valence-corrected chi connectivity index (χ2v) is 2.29. The minimum absolute atomic E-state index is 0. The molecule has 1 unspecified atom stereocenters. The Bertz CT molecular complexity index is 232. The van der Waals surface area contributed by atoms with Gasteiger partial charge in [0.15, 0.2) is 11.5 Å². The predicted octanol–water partition coefficient (Wildman–Crippen LogP) is 2.18. The van der Waals surface area contributed by atoms with Gasteiger partial charge in [-0.15, -0.1) is 0 Å². The molecule has 0 aromatic carbocycles. The zero-order valence-corrected chi connectivity index (χ0v) is 11.0. The average Bonchev–Trinajstić information content (AvgIpc) is 2.20. The van der Waals surface area contributed by atoms with E-state index in [1.807, 2.05) is 13.8 Å². The number of rotatable bonds is 2. The van der Waals surface area contributed by atoms with Crippen LogP contribution in [0.5, 0.6) is 0 Å². The van der Waals surface area contributed by atoms with Crippen molar-refractivity contribution in [1.82, 2.24) is 5.32 Å². The summed E-state index contributed by atoms with van der Waals surface area (Å²) in [5.41, 5.74) is 0. The topological polar surface area (TPSA) is 41.5 Å². The summed E-state index contributed by atoms with van der Waals surface area (Å²) in [6, 6.07) is -1.14. The maximum Gasteiger partial charge on any atom is 0.262 e. The van der Waals surface area contributed by atoms with Crippen LogP contribution in [0.4, 0.5) is 8.78 Å². The molecule has 1 aliphatic heterocycles. The van der Waals surface area contributed by atoms with Gasteiger partial charge in [0.05, 0.1) is 7.11 Å². The predicted molar refractivity (Wildman–Crippen MR) is 50.1 cm³/mol. The normalized spacial score (nSPS) is 18.7. The summed E-state index contributed by atoms with van der Waals surface area (Å²) >= 11 is 0. The number of dihydropyridines is 1. The van der Waals surface area contributed by atoms with Gasteiger partial charge < -0.3 is 15.2 Å². The second kappa shape index (κ2) is 8.71. The Labute approximate surface area is 102 Å². The molecular weight excluding hydrogens is 387 g/mol. The first-order valence-electron chi connectivity index (χ1n) is 4.34. The maximum atomic E-state index is 12.0. The number of methoxy groups -OCH3 is 1. The van der Waals surface area contributed by atoms with E-state index in [0.29, 0.717) is 0 Å². The van der Waals surface area contributed by atoms with Gasteiger partial charge in [0.1, 0.15) is 6.04 Å². The zero-order chi connectivity index (χ0) is 11.1. The number of halogens is 2. The molecule has 0 bridgehead atoms. The van der Waals surface area contributed by atoms with E-state index in [2.05, 4.69) is 10.1 Å². The number of ether oxygens (including phenoxy) is 1. The Hall–Kier alpha value is -0.572. The summed E-state index contributed by atoms with van der Waals surface area (Å²) in [6.07, 6.45) is -0.308. The number of hydrogen-bond donors (Lipinski definition) is 2. The van der Waals surface area contributed by atoms with Crippen LogP contribution < -0.4 is 5.32 Å². The Morgan fingerprint density at radius 3 is 2.33 bits per heavy atom. The van der Waals surface area contributed by atoms with E-state index in [9.17, 15) is 8.78 Å². The fourth-order valence-corrected chi connectivity index (χ4v) is 0.855. The van der Waals surface area contributed by atoms with Crippen LogP contribution in [0.15, 0.2) is 23.8 Å². The third kappa shape index (κ3) is 5.16. The third-order valence-electron chi connectivity index (χ3n) is 1.49. The number of aliphatic hydroxyl groups excluding tert-OH is 1. The standard InChI is InChI=1S/C7H9F2NO2.C2H6.Pt/c1-12-6-3-10-4(7(8)9)2-5(6)11;1-2;/h2-4,7,10-11H,1H3;1-2H3;. The minimum Gasteiger partial charge on any atom is -0.504 e. The summed E-state index contributed by atoms with van der Waals surface area (Å²) in [4.78, 5) is 0. The van der Waals surface area contributed by atoms with Crippen LogP contribution in [0.2, 0.25) is 0 Å². The molecule has 15 heavy (non-hydrogen) atoms. The van der Waals surface area contributed by atoms with Crippen LogP contribution in [-0.4, -0.2) is 24.7 Å². The fourth-order valence-electron chi connectivity index (χ4n) is 0.855. The molecule has 0 aromatic heterocycles. The Morgan fingerprint density at radius 1 is 1.47 bits per heavy atom. The van der Waals surface area contributed by atoms with Crippen molar-refractivity contribution < 1.29 is 39.7 Å². The van der Waals surface area contributed by atoms with Crippen molar-refractivity contribution in [3.8, 4) is 0 Å². The van der Waals surface area contributed by atoms with Gasteiger partial charge in [0.2, 0.25) is 0 Å². The molecular formula is C9H15F2NO2Pt. The SMILES string of the molecule is CC.COC1=CNC(C(F)F)C=C1O.[Pt]. The number of hydrogen-bond acceptors (Lipinski definition) is 3. The van der Waals surface area contributed by atoms with Gasteiger partial charge in [-0.25, -0.2) is 8.78 Å². The molecule has 0 spiro atoms. The fraction of sp³-hybridized carbons (Fsp3) is 0.556. The molecule has 0 aromatic rings. The summed E-state index contributed by atoms with van der Waals surface area (Å²) in [5.74, 6) is -0.103. The van der Waals surface area contributed by atoms with Crippen molar-refractivity contribution in [3.05, 3.63) is 23.8 Å². The van der Waals surface area contributed by atoms with Crippen molar-refractivity contribution in [1.29, 1.82) is 0 Å². The Morgan fingerprint density at radius 2 is 2.00 bits per heavy atom. The van der Waals surface area contributed by atoms with Crippen molar-refractivity contribution >= 4 is 0 Å². The van der Waals surface area contributed by atoms with Crippen LogP contribution >= 0.6 is 0 Å². The van der Waals surface area contributed by atoms with Gasteiger partial charge >= 0.3 is 0 Å². The molecule has 0 saturated heterocycles. The van der Waals surface area contributed by atoms with Crippen LogP contribution in [-0.2, 0) is 25.8 Å². The molecule has 1 heterocycles. The molecule has 92 valence electrons. The average molecular weight is 402 g/mol. The van der Waals surface area contributed by atoms with Gasteiger partial charge in [0, 0.05) is 27.3 Å². The molecule has 0 fully saturated rings. The zero-order valence-electron chi connectivity index (χ0n) is 8.74. The van der Waals surface area contributed by atoms with E-state index in [0.717, 1.165) is 6.08 Å². The molecule has 0 saturated carbocycles. The number of nitrogens with one attached hydrogen (secondary N) is 1. The summed E-state index contributed by atoms with van der Waals surface area (Å²) in [5, 5.41) is 11.5.